The molecule has 2 aromatic rings. The first-order valence-corrected chi connectivity index (χ1v) is 4.59. The Morgan fingerprint density at radius 3 is 2.47 bits per heavy atom. The molecule has 76 valence electrons. The van der Waals surface area contributed by atoms with Crippen LogP contribution in [0.4, 0.5) is 0 Å². The number of hydrogen-bond donors (Lipinski definition) is 0. The fourth-order valence-corrected chi connectivity index (χ4v) is 1.57. The van der Waals surface area contributed by atoms with Crippen molar-refractivity contribution in [2.75, 3.05) is 6.61 Å². The largest absolute Gasteiger partial charge is 0.466 e. The summed E-state index contributed by atoms with van der Waals surface area (Å²) in [4.78, 5) is 12.0. The minimum Gasteiger partial charge on any atom is -0.466 e. The van der Waals surface area contributed by atoms with E-state index in [4.69, 9.17) is 13.6 Å². The van der Waals surface area contributed by atoms with Crippen molar-refractivity contribution >= 4 is 5.78 Å². The van der Waals surface area contributed by atoms with Crippen LogP contribution in [0.3, 0.4) is 0 Å². The zero-order chi connectivity index (χ0) is 10.3. The third-order valence-electron chi connectivity index (χ3n) is 2.46. The highest BCUT2D eigenvalue weighted by Gasteiger charge is 2.57. The number of ether oxygens (including phenoxy) is 1. The van der Waals surface area contributed by atoms with Crippen LogP contribution < -0.4 is 0 Å². The molecule has 3 rings (SSSR count). The van der Waals surface area contributed by atoms with E-state index in [9.17, 15) is 4.79 Å². The average molecular weight is 204 g/mol. The van der Waals surface area contributed by atoms with Gasteiger partial charge in [0.05, 0.1) is 19.1 Å². The summed E-state index contributed by atoms with van der Waals surface area (Å²) in [6.45, 7) is 0.347. The van der Waals surface area contributed by atoms with E-state index in [1.54, 1.807) is 24.3 Å². The van der Waals surface area contributed by atoms with Gasteiger partial charge in [0.15, 0.2) is 5.76 Å². The first kappa shape index (κ1) is 8.49. The van der Waals surface area contributed by atoms with Crippen LogP contribution in [0.2, 0.25) is 0 Å². The topological polar surface area (TPSA) is 55.9 Å². The van der Waals surface area contributed by atoms with Crippen molar-refractivity contribution in [2.24, 2.45) is 0 Å². The summed E-state index contributed by atoms with van der Waals surface area (Å²) in [5, 5.41) is 0. The zero-order valence-corrected chi connectivity index (χ0v) is 7.80. The smallest absolute Gasteiger partial charge is 0.239 e. The van der Waals surface area contributed by atoms with Gasteiger partial charge in [-0.1, -0.05) is 0 Å². The fourth-order valence-electron chi connectivity index (χ4n) is 1.57. The quantitative estimate of drug-likeness (QED) is 0.566. The SMILES string of the molecule is O=C(c1ccco1)C1(c2ccco2)CO1. The van der Waals surface area contributed by atoms with Gasteiger partial charge in [0, 0.05) is 0 Å². The van der Waals surface area contributed by atoms with E-state index in [1.165, 1.54) is 12.5 Å². The number of ketones is 1. The van der Waals surface area contributed by atoms with Crippen molar-refractivity contribution in [3.05, 3.63) is 48.3 Å². The van der Waals surface area contributed by atoms with Gasteiger partial charge < -0.3 is 13.6 Å². The summed E-state index contributed by atoms with van der Waals surface area (Å²) < 4.78 is 15.5. The monoisotopic (exact) mass is 204 g/mol. The minimum atomic E-state index is -0.943. The molecule has 3 heterocycles. The highest BCUT2D eigenvalue weighted by molar-refractivity contribution is 6.02. The molecule has 0 spiro atoms. The first-order chi connectivity index (χ1) is 7.33. The van der Waals surface area contributed by atoms with Gasteiger partial charge in [0.1, 0.15) is 5.76 Å². The fraction of sp³-hybridized carbons (Fsp3) is 0.182. The third-order valence-corrected chi connectivity index (χ3v) is 2.46. The van der Waals surface area contributed by atoms with Gasteiger partial charge >= 0.3 is 0 Å². The van der Waals surface area contributed by atoms with Gasteiger partial charge in [-0.05, 0) is 24.3 Å². The molecule has 0 aliphatic carbocycles. The Morgan fingerprint density at radius 2 is 1.93 bits per heavy atom. The van der Waals surface area contributed by atoms with Crippen molar-refractivity contribution in [1.29, 1.82) is 0 Å². The lowest BCUT2D eigenvalue weighted by atomic mass is 10.0. The zero-order valence-electron chi connectivity index (χ0n) is 7.80. The van der Waals surface area contributed by atoms with Crippen LogP contribution in [0.1, 0.15) is 16.3 Å². The summed E-state index contributed by atoms with van der Waals surface area (Å²) in [5.74, 6) is 0.634. The van der Waals surface area contributed by atoms with Crippen LogP contribution in [0, 0.1) is 0 Å². The summed E-state index contributed by atoms with van der Waals surface area (Å²) in [7, 11) is 0. The number of carbonyl (C=O) groups excluding carboxylic acids is 1. The molecule has 0 bridgehead atoms. The van der Waals surface area contributed by atoms with Gasteiger partial charge in [-0.15, -0.1) is 0 Å². The molecule has 1 fully saturated rings. The predicted octanol–water partition coefficient (Wildman–Crippen LogP) is 1.98. The van der Waals surface area contributed by atoms with Gasteiger partial charge in [-0.2, -0.15) is 0 Å². The van der Waals surface area contributed by atoms with Crippen LogP contribution in [0.25, 0.3) is 0 Å². The van der Waals surface area contributed by atoms with Gasteiger partial charge in [0.25, 0.3) is 0 Å². The number of rotatable bonds is 3. The second-order valence-electron chi connectivity index (χ2n) is 3.40. The molecular formula is C11H8O4. The Hall–Kier alpha value is -1.81. The highest BCUT2D eigenvalue weighted by Crippen LogP contribution is 2.41. The van der Waals surface area contributed by atoms with E-state index in [2.05, 4.69) is 0 Å². The van der Waals surface area contributed by atoms with Gasteiger partial charge in [-0.3, -0.25) is 4.79 Å². The molecule has 4 nitrogen and oxygen atoms in total. The van der Waals surface area contributed by atoms with E-state index in [1.807, 2.05) is 0 Å². The number of carbonyl (C=O) groups is 1. The molecule has 0 amide bonds. The van der Waals surface area contributed by atoms with E-state index in [0.717, 1.165) is 0 Å². The average Bonchev–Trinajstić information content (AvgIpc) is 2.78. The maximum Gasteiger partial charge on any atom is 0.239 e. The van der Waals surface area contributed by atoms with E-state index < -0.39 is 5.60 Å². The van der Waals surface area contributed by atoms with Crippen LogP contribution in [-0.2, 0) is 10.3 Å². The maximum absolute atomic E-state index is 12.0. The van der Waals surface area contributed by atoms with E-state index in [-0.39, 0.29) is 5.78 Å². The minimum absolute atomic E-state index is 0.192. The second kappa shape index (κ2) is 2.84. The molecule has 0 aromatic carbocycles. The molecule has 1 atom stereocenters. The lowest BCUT2D eigenvalue weighted by Gasteiger charge is -2.04. The molecule has 15 heavy (non-hydrogen) atoms. The Bertz CT molecular complexity index is 463. The highest BCUT2D eigenvalue weighted by atomic mass is 16.6. The molecule has 1 aliphatic rings. The van der Waals surface area contributed by atoms with Gasteiger partial charge in [0.2, 0.25) is 11.4 Å². The normalized spacial score (nSPS) is 24.0. The maximum atomic E-state index is 12.0. The molecule has 1 saturated heterocycles. The Morgan fingerprint density at radius 1 is 1.20 bits per heavy atom. The second-order valence-corrected chi connectivity index (χ2v) is 3.40. The summed E-state index contributed by atoms with van der Waals surface area (Å²) >= 11 is 0. The molecule has 1 unspecified atom stereocenters. The summed E-state index contributed by atoms with van der Waals surface area (Å²) in [6, 6.07) is 6.75. The van der Waals surface area contributed by atoms with Crippen LogP contribution in [-0.4, -0.2) is 12.4 Å². The Kier molecular flexibility index (Phi) is 1.61. The van der Waals surface area contributed by atoms with Crippen LogP contribution in [0.5, 0.6) is 0 Å². The summed E-state index contributed by atoms with van der Waals surface area (Å²) in [5.41, 5.74) is -0.943. The molecular weight excluding hydrogens is 196 g/mol. The van der Waals surface area contributed by atoms with E-state index in [0.29, 0.717) is 18.1 Å². The Labute approximate surface area is 85.4 Å². The first-order valence-electron chi connectivity index (χ1n) is 4.59. The molecule has 4 heteroatoms. The van der Waals surface area contributed by atoms with Crippen molar-refractivity contribution < 1.29 is 18.4 Å². The van der Waals surface area contributed by atoms with Crippen molar-refractivity contribution in [3.63, 3.8) is 0 Å². The number of epoxide rings is 1. The molecule has 0 saturated carbocycles. The lowest BCUT2D eigenvalue weighted by molar-refractivity contribution is 0.0819. The predicted molar refractivity (Wildman–Crippen MR) is 49.4 cm³/mol. The number of furan rings is 2. The Balaban J connectivity index is 1.98. The molecule has 2 aromatic heterocycles. The number of hydrogen-bond acceptors (Lipinski definition) is 4. The van der Waals surface area contributed by atoms with Crippen LogP contribution in [0.15, 0.2) is 45.6 Å². The lowest BCUT2D eigenvalue weighted by Crippen LogP contribution is -2.21. The van der Waals surface area contributed by atoms with Crippen LogP contribution >= 0.6 is 0 Å². The standard InChI is InChI=1S/C11H8O4/c12-10(8-3-1-5-13-8)11(7-15-11)9-4-2-6-14-9/h1-6H,7H2. The molecule has 0 radical (unpaired) electrons. The molecule has 1 aliphatic heterocycles. The van der Waals surface area contributed by atoms with Gasteiger partial charge in [-0.25, -0.2) is 0 Å². The van der Waals surface area contributed by atoms with Crippen molar-refractivity contribution in [3.8, 4) is 0 Å². The van der Waals surface area contributed by atoms with E-state index >= 15 is 0 Å². The third kappa shape index (κ3) is 1.15. The number of Topliss-reactive ketones (excluding diaryl/α,β-unsaturated/α-hetero) is 1. The molecule has 0 N–H and O–H groups in total. The summed E-state index contributed by atoms with van der Waals surface area (Å²) in [6.07, 6.45) is 2.99. The van der Waals surface area contributed by atoms with Crippen molar-refractivity contribution in [1.82, 2.24) is 0 Å². The van der Waals surface area contributed by atoms with Crippen molar-refractivity contribution in [2.45, 2.75) is 5.60 Å².